The maximum absolute atomic E-state index is 12.4. The minimum Gasteiger partial charge on any atom is -0.371 e. The number of amides is 1. The van der Waals surface area contributed by atoms with Crippen LogP contribution in [0, 0.1) is 5.92 Å². The summed E-state index contributed by atoms with van der Waals surface area (Å²) in [6.07, 6.45) is 3.44. The molecule has 28 heavy (non-hydrogen) atoms. The van der Waals surface area contributed by atoms with E-state index in [1.165, 1.54) is 11.3 Å². The number of carbonyl (C=O) groups excluding carboxylic acids is 1. The van der Waals surface area contributed by atoms with Crippen molar-refractivity contribution < 1.29 is 4.79 Å². The molecule has 1 unspecified atom stereocenters. The summed E-state index contributed by atoms with van der Waals surface area (Å²) >= 11 is 0. The summed E-state index contributed by atoms with van der Waals surface area (Å²) in [6, 6.07) is 21.3. The second kappa shape index (κ2) is 9.24. The van der Waals surface area contributed by atoms with Crippen LogP contribution in [0.3, 0.4) is 0 Å². The third-order valence-electron chi connectivity index (χ3n) is 6.22. The minimum absolute atomic E-state index is 0.177. The summed E-state index contributed by atoms with van der Waals surface area (Å²) < 4.78 is 0. The fraction of sp³-hybridized carbons (Fsp3) is 0.458. The Morgan fingerprint density at radius 3 is 2.29 bits per heavy atom. The van der Waals surface area contributed by atoms with Gasteiger partial charge in [0, 0.05) is 25.3 Å². The number of hydrogen-bond donors (Lipinski definition) is 1. The van der Waals surface area contributed by atoms with Crippen molar-refractivity contribution in [3.05, 3.63) is 66.2 Å². The Hall–Kier alpha value is -2.33. The summed E-state index contributed by atoms with van der Waals surface area (Å²) in [5, 5.41) is 3.18. The van der Waals surface area contributed by atoms with E-state index in [1.807, 2.05) is 0 Å². The molecule has 4 nitrogen and oxygen atoms in total. The van der Waals surface area contributed by atoms with E-state index in [-0.39, 0.29) is 5.91 Å². The first-order valence-corrected chi connectivity index (χ1v) is 10.6. The Labute approximate surface area is 168 Å². The van der Waals surface area contributed by atoms with Crippen molar-refractivity contribution >= 4 is 11.6 Å². The van der Waals surface area contributed by atoms with Crippen LogP contribution in [-0.2, 0) is 4.79 Å². The number of piperidine rings is 1. The second-order valence-corrected chi connectivity index (χ2v) is 8.20. The topological polar surface area (TPSA) is 35.6 Å². The molecule has 0 aromatic heterocycles. The van der Waals surface area contributed by atoms with Crippen molar-refractivity contribution in [2.24, 2.45) is 5.92 Å². The lowest BCUT2D eigenvalue weighted by Gasteiger charge is -2.31. The van der Waals surface area contributed by atoms with Gasteiger partial charge in [-0.05, 0) is 61.9 Å². The van der Waals surface area contributed by atoms with Gasteiger partial charge in [0.1, 0.15) is 0 Å². The van der Waals surface area contributed by atoms with Gasteiger partial charge >= 0.3 is 0 Å². The maximum atomic E-state index is 12.4. The van der Waals surface area contributed by atoms with Crippen LogP contribution in [-0.4, -0.2) is 50.1 Å². The predicted octanol–water partition coefficient (Wildman–Crippen LogP) is 3.51. The summed E-state index contributed by atoms with van der Waals surface area (Å²) in [7, 11) is 0. The molecule has 4 rings (SSSR count). The fourth-order valence-corrected chi connectivity index (χ4v) is 4.54. The van der Waals surface area contributed by atoms with E-state index in [0.29, 0.717) is 18.4 Å². The molecule has 2 saturated heterocycles. The van der Waals surface area contributed by atoms with Gasteiger partial charge in [-0.2, -0.15) is 0 Å². The number of carbonyl (C=O) groups is 1. The lowest BCUT2D eigenvalue weighted by atomic mass is 9.89. The SMILES string of the molecule is O=C(CN1CCC(c2ccccc2)CC1)NCC1CCN(c2ccccc2)C1. The highest BCUT2D eigenvalue weighted by Crippen LogP contribution is 2.27. The zero-order chi connectivity index (χ0) is 19.2. The molecule has 0 radical (unpaired) electrons. The zero-order valence-electron chi connectivity index (χ0n) is 16.6. The van der Waals surface area contributed by atoms with Gasteiger partial charge in [-0.1, -0.05) is 48.5 Å². The first-order chi connectivity index (χ1) is 13.8. The van der Waals surface area contributed by atoms with Gasteiger partial charge in [0.2, 0.25) is 5.91 Å². The van der Waals surface area contributed by atoms with Crippen LogP contribution in [0.1, 0.15) is 30.7 Å². The molecular weight excluding hydrogens is 346 g/mol. The molecule has 2 aromatic carbocycles. The van der Waals surface area contributed by atoms with Gasteiger partial charge < -0.3 is 10.2 Å². The van der Waals surface area contributed by atoms with Gasteiger partial charge in [0.25, 0.3) is 0 Å². The third kappa shape index (κ3) is 4.93. The van der Waals surface area contributed by atoms with Crippen molar-refractivity contribution in [1.82, 2.24) is 10.2 Å². The summed E-state index contributed by atoms with van der Waals surface area (Å²) in [5.74, 6) is 1.37. The molecule has 4 heteroatoms. The number of hydrogen-bond acceptors (Lipinski definition) is 3. The zero-order valence-corrected chi connectivity index (χ0v) is 16.6. The van der Waals surface area contributed by atoms with Gasteiger partial charge in [-0.15, -0.1) is 0 Å². The molecular formula is C24H31N3O. The van der Waals surface area contributed by atoms with Crippen molar-refractivity contribution in [3.63, 3.8) is 0 Å². The molecule has 2 fully saturated rings. The Morgan fingerprint density at radius 1 is 0.893 bits per heavy atom. The molecule has 1 amide bonds. The Morgan fingerprint density at radius 2 is 1.57 bits per heavy atom. The first-order valence-electron chi connectivity index (χ1n) is 10.6. The Kier molecular flexibility index (Phi) is 6.27. The van der Waals surface area contributed by atoms with E-state index in [0.717, 1.165) is 52.0 Å². The Bertz CT molecular complexity index is 741. The standard InChI is InChI=1S/C24H31N3O/c28-24(19-26-14-12-22(13-15-26)21-7-3-1-4-8-21)25-17-20-11-16-27(18-20)23-9-5-2-6-10-23/h1-10,20,22H,11-19H2,(H,25,28). The molecule has 0 aliphatic carbocycles. The Balaban J connectivity index is 1.16. The molecule has 1 N–H and O–H groups in total. The maximum Gasteiger partial charge on any atom is 0.234 e. The van der Waals surface area contributed by atoms with Crippen molar-refractivity contribution in [2.45, 2.75) is 25.2 Å². The normalized spacial score (nSPS) is 21.0. The molecule has 2 aliphatic heterocycles. The van der Waals surface area contributed by atoms with Crippen LogP contribution in [0.15, 0.2) is 60.7 Å². The second-order valence-electron chi connectivity index (χ2n) is 8.20. The molecule has 2 heterocycles. The van der Waals surface area contributed by atoms with E-state index in [1.54, 1.807) is 0 Å². The number of anilines is 1. The minimum atomic E-state index is 0.177. The monoisotopic (exact) mass is 377 g/mol. The van der Waals surface area contributed by atoms with E-state index in [9.17, 15) is 4.79 Å². The highest BCUT2D eigenvalue weighted by molar-refractivity contribution is 5.78. The average molecular weight is 378 g/mol. The van der Waals surface area contributed by atoms with Gasteiger partial charge in [0.05, 0.1) is 6.54 Å². The number of para-hydroxylation sites is 1. The predicted molar refractivity (Wildman–Crippen MR) is 115 cm³/mol. The number of nitrogens with one attached hydrogen (secondary N) is 1. The van der Waals surface area contributed by atoms with Crippen LogP contribution >= 0.6 is 0 Å². The summed E-state index contributed by atoms with van der Waals surface area (Å²) in [5.41, 5.74) is 2.73. The van der Waals surface area contributed by atoms with E-state index < -0.39 is 0 Å². The van der Waals surface area contributed by atoms with Crippen LogP contribution in [0.25, 0.3) is 0 Å². The molecule has 0 saturated carbocycles. The number of nitrogens with zero attached hydrogens (tertiary/aromatic N) is 2. The highest BCUT2D eigenvalue weighted by atomic mass is 16.2. The average Bonchev–Trinajstić information content (AvgIpc) is 3.23. The van der Waals surface area contributed by atoms with E-state index in [2.05, 4.69) is 75.8 Å². The van der Waals surface area contributed by atoms with Crippen molar-refractivity contribution in [1.29, 1.82) is 0 Å². The van der Waals surface area contributed by atoms with E-state index in [4.69, 9.17) is 0 Å². The molecule has 0 bridgehead atoms. The highest BCUT2D eigenvalue weighted by Gasteiger charge is 2.24. The smallest absolute Gasteiger partial charge is 0.234 e. The lowest BCUT2D eigenvalue weighted by Crippen LogP contribution is -2.42. The van der Waals surface area contributed by atoms with Crippen molar-refractivity contribution in [2.75, 3.05) is 44.2 Å². The van der Waals surface area contributed by atoms with Crippen LogP contribution in [0.2, 0.25) is 0 Å². The van der Waals surface area contributed by atoms with Gasteiger partial charge in [-0.25, -0.2) is 0 Å². The van der Waals surface area contributed by atoms with Gasteiger partial charge in [0.15, 0.2) is 0 Å². The quantitative estimate of drug-likeness (QED) is 0.837. The lowest BCUT2D eigenvalue weighted by molar-refractivity contribution is -0.122. The summed E-state index contributed by atoms with van der Waals surface area (Å²) in [6.45, 7) is 5.47. The van der Waals surface area contributed by atoms with Crippen LogP contribution in [0.4, 0.5) is 5.69 Å². The largest absolute Gasteiger partial charge is 0.371 e. The van der Waals surface area contributed by atoms with E-state index >= 15 is 0 Å². The fourth-order valence-electron chi connectivity index (χ4n) is 4.54. The number of likely N-dealkylation sites (tertiary alicyclic amines) is 1. The first kappa shape index (κ1) is 19.0. The molecule has 0 spiro atoms. The number of rotatable bonds is 6. The molecule has 2 aliphatic rings. The van der Waals surface area contributed by atoms with Crippen LogP contribution in [0.5, 0.6) is 0 Å². The van der Waals surface area contributed by atoms with Crippen molar-refractivity contribution in [3.8, 4) is 0 Å². The van der Waals surface area contributed by atoms with Gasteiger partial charge in [-0.3, -0.25) is 9.69 Å². The molecule has 1 atom stereocenters. The number of benzene rings is 2. The van der Waals surface area contributed by atoms with Crippen LogP contribution < -0.4 is 10.2 Å². The molecule has 2 aromatic rings. The third-order valence-corrected chi connectivity index (χ3v) is 6.22. The summed E-state index contributed by atoms with van der Waals surface area (Å²) in [4.78, 5) is 17.1. The molecule has 148 valence electrons.